The Morgan fingerprint density at radius 3 is 2.27 bits per heavy atom. The number of allylic oxidation sites excluding steroid dienone is 3. The summed E-state index contributed by atoms with van der Waals surface area (Å²) in [6.45, 7) is 4.16. The molecule has 2 aromatic carbocycles. The third kappa shape index (κ3) is 6.76. The highest BCUT2D eigenvalue weighted by Crippen LogP contribution is 2.33. The van der Waals surface area contributed by atoms with Gasteiger partial charge in [-0.1, -0.05) is 29.9 Å². The van der Waals surface area contributed by atoms with Gasteiger partial charge in [0.25, 0.3) is 0 Å². The molecular weight excluding hydrogens is 384 g/mol. The molecule has 0 radical (unpaired) electrons. The summed E-state index contributed by atoms with van der Waals surface area (Å²) >= 11 is 0. The largest absolute Gasteiger partial charge is 0.507 e. The molecule has 6 heteroatoms. The van der Waals surface area contributed by atoms with Crippen LogP contribution < -0.4 is 9.47 Å². The van der Waals surface area contributed by atoms with Crippen LogP contribution in [0.25, 0.3) is 6.08 Å². The lowest BCUT2D eigenvalue weighted by molar-refractivity contribution is 0.0503. The van der Waals surface area contributed by atoms with Gasteiger partial charge in [0.15, 0.2) is 19.4 Å². The summed E-state index contributed by atoms with van der Waals surface area (Å²) in [4.78, 5) is 12.7. The summed E-state index contributed by atoms with van der Waals surface area (Å²) in [7, 11) is 3.08. The Labute approximate surface area is 177 Å². The molecule has 0 aliphatic carbocycles. The van der Waals surface area contributed by atoms with Gasteiger partial charge in [0.05, 0.1) is 5.56 Å². The van der Waals surface area contributed by atoms with E-state index in [2.05, 4.69) is 0 Å². The van der Waals surface area contributed by atoms with Crippen LogP contribution in [-0.4, -0.2) is 38.7 Å². The smallest absolute Gasteiger partial charge is 0.189 e. The van der Waals surface area contributed by atoms with E-state index in [1.165, 1.54) is 13.2 Å². The van der Waals surface area contributed by atoms with Crippen molar-refractivity contribution in [3.63, 3.8) is 0 Å². The minimum absolute atomic E-state index is 0.0541. The average Bonchev–Trinajstić information content (AvgIpc) is 2.74. The van der Waals surface area contributed by atoms with E-state index in [0.717, 1.165) is 11.1 Å². The van der Waals surface area contributed by atoms with E-state index >= 15 is 0 Å². The fraction of sp³-hybridized carbons (Fsp3) is 0.292. The number of phenolic OH excluding ortho intramolecular Hbond substituents is 1. The lowest BCUT2D eigenvalue weighted by atomic mass is 10.0. The Kier molecular flexibility index (Phi) is 9.12. The Morgan fingerprint density at radius 2 is 1.63 bits per heavy atom. The summed E-state index contributed by atoms with van der Waals surface area (Å²) in [5.41, 5.74) is 2.69. The number of ketones is 1. The summed E-state index contributed by atoms with van der Waals surface area (Å²) in [6, 6.07) is 10.5. The highest BCUT2D eigenvalue weighted by atomic mass is 16.7. The molecule has 0 aliphatic rings. The van der Waals surface area contributed by atoms with Gasteiger partial charge in [-0.25, -0.2) is 0 Å². The van der Waals surface area contributed by atoms with Gasteiger partial charge in [-0.05, 0) is 56.2 Å². The van der Waals surface area contributed by atoms with Crippen molar-refractivity contribution >= 4 is 11.9 Å². The number of benzene rings is 2. The molecule has 0 atom stereocenters. The van der Waals surface area contributed by atoms with Gasteiger partial charge in [0, 0.05) is 19.8 Å². The third-order valence-corrected chi connectivity index (χ3v) is 4.20. The molecule has 2 rings (SSSR count). The van der Waals surface area contributed by atoms with Crippen molar-refractivity contribution in [2.24, 2.45) is 0 Å². The second-order valence-electron chi connectivity index (χ2n) is 6.79. The maximum Gasteiger partial charge on any atom is 0.189 e. The van der Waals surface area contributed by atoms with Crippen LogP contribution in [0.4, 0.5) is 0 Å². The number of ether oxygens (including phenoxy) is 4. The van der Waals surface area contributed by atoms with Gasteiger partial charge in [0.1, 0.15) is 17.2 Å². The number of hydrogen-bond acceptors (Lipinski definition) is 6. The molecule has 0 aliphatic heterocycles. The van der Waals surface area contributed by atoms with Gasteiger partial charge in [-0.2, -0.15) is 0 Å². The third-order valence-electron chi connectivity index (χ3n) is 4.20. The predicted octanol–water partition coefficient (Wildman–Crippen LogP) is 4.76. The molecule has 1 N–H and O–H groups in total. The van der Waals surface area contributed by atoms with Crippen molar-refractivity contribution in [1.82, 2.24) is 0 Å². The molecule has 2 aromatic rings. The van der Waals surface area contributed by atoms with Crippen LogP contribution in [0.5, 0.6) is 17.2 Å². The molecule has 0 saturated carbocycles. The van der Waals surface area contributed by atoms with Crippen LogP contribution in [-0.2, 0) is 15.9 Å². The molecule has 0 aromatic heterocycles. The van der Waals surface area contributed by atoms with Crippen LogP contribution in [0.2, 0.25) is 0 Å². The summed E-state index contributed by atoms with van der Waals surface area (Å²) < 4.78 is 20.7. The zero-order valence-electron chi connectivity index (χ0n) is 17.8. The molecule has 0 amide bonds. The zero-order chi connectivity index (χ0) is 21.9. The molecule has 0 spiro atoms. The Hall–Kier alpha value is -3.09. The van der Waals surface area contributed by atoms with Gasteiger partial charge in [0.2, 0.25) is 0 Å². The Morgan fingerprint density at radius 1 is 0.967 bits per heavy atom. The average molecular weight is 412 g/mol. The van der Waals surface area contributed by atoms with Crippen LogP contribution in [0.3, 0.4) is 0 Å². The van der Waals surface area contributed by atoms with Crippen LogP contribution in [0.1, 0.15) is 35.3 Å². The summed E-state index contributed by atoms with van der Waals surface area (Å²) in [5, 5.41) is 10.7. The van der Waals surface area contributed by atoms with E-state index in [0.29, 0.717) is 23.5 Å². The lowest BCUT2D eigenvalue weighted by Gasteiger charge is -2.13. The minimum atomic E-state index is -0.302. The molecular formula is C24H28O6. The van der Waals surface area contributed by atoms with E-state index < -0.39 is 0 Å². The predicted molar refractivity (Wildman–Crippen MR) is 116 cm³/mol. The monoisotopic (exact) mass is 412 g/mol. The van der Waals surface area contributed by atoms with E-state index in [4.69, 9.17) is 18.9 Å². The van der Waals surface area contributed by atoms with Crippen molar-refractivity contribution in [3.05, 3.63) is 70.8 Å². The number of aromatic hydroxyl groups is 1. The van der Waals surface area contributed by atoms with E-state index in [1.54, 1.807) is 37.5 Å². The Balaban J connectivity index is 2.22. The lowest BCUT2D eigenvalue weighted by Crippen LogP contribution is -2.04. The molecule has 30 heavy (non-hydrogen) atoms. The van der Waals surface area contributed by atoms with Gasteiger partial charge in [-0.15, -0.1) is 0 Å². The highest BCUT2D eigenvalue weighted by molar-refractivity contribution is 6.09. The molecule has 0 heterocycles. The fourth-order valence-corrected chi connectivity index (χ4v) is 2.64. The van der Waals surface area contributed by atoms with Crippen molar-refractivity contribution < 1.29 is 28.8 Å². The zero-order valence-corrected chi connectivity index (χ0v) is 17.8. The molecule has 160 valence electrons. The van der Waals surface area contributed by atoms with Crippen molar-refractivity contribution in [2.75, 3.05) is 27.8 Å². The molecule has 0 bridgehead atoms. The standard InChI is InChI=1S/C24H28O6/c1-17(2)5-11-21-23(30-16-28-4)14-12-20(24(21)26)22(25)13-8-18-6-9-19(10-7-18)29-15-27-3/h5-10,12-14,26H,11,15-16H2,1-4H3/b13-8+. The number of phenols is 1. The van der Waals surface area contributed by atoms with Gasteiger partial charge < -0.3 is 24.1 Å². The first-order valence-electron chi connectivity index (χ1n) is 9.50. The second-order valence-corrected chi connectivity index (χ2v) is 6.79. The van der Waals surface area contributed by atoms with Gasteiger partial charge in [-0.3, -0.25) is 4.79 Å². The molecule has 6 nitrogen and oxygen atoms in total. The molecule has 0 saturated heterocycles. The SMILES string of the molecule is COCOc1ccc(/C=C/C(=O)c2ccc(OCOC)c(CC=C(C)C)c2O)cc1. The number of rotatable bonds is 11. The van der Waals surface area contributed by atoms with E-state index in [-0.39, 0.29) is 30.7 Å². The molecule has 0 unspecified atom stereocenters. The van der Waals surface area contributed by atoms with Gasteiger partial charge >= 0.3 is 0 Å². The van der Waals surface area contributed by atoms with Crippen molar-refractivity contribution in [1.29, 1.82) is 0 Å². The summed E-state index contributed by atoms with van der Waals surface area (Å²) in [5.74, 6) is 0.774. The second kappa shape index (κ2) is 11.8. The van der Waals surface area contributed by atoms with Crippen LogP contribution in [0, 0.1) is 0 Å². The number of carbonyl (C=O) groups excluding carboxylic acids is 1. The van der Waals surface area contributed by atoms with Crippen LogP contribution in [0.15, 0.2) is 54.1 Å². The maximum atomic E-state index is 12.7. The first-order chi connectivity index (χ1) is 14.5. The van der Waals surface area contributed by atoms with Crippen molar-refractivity contribution in [3.8, 4) is 17.2 Å². The highest BCUT2D eigenvalue weighted by Gasteiger charge is 2.17. The van der Waals surface area contributed by atoms with Crippen LogP contribution >= 0.6 is 0 Å². The fourth-order valence-electron chi connectivity index (χ4n) is 2.64. The first-order valence-corrected chi connectivity index (χ1v) is 9.50. The first kappa shape index (κ1) is 23.2. The number of carbonyl (C=O) groups is 1. The van der Waals surface area contributed by atoms with E-state index in [9.17, 15) is 9.90 Å². The van der Waals surface area contributed by atoms with Crippen molar-refractivity contribution in [2.45, 2.75) is 20.3 Å². The number of hydrogen-bond donors (Lipinski definition) is 1. The normalized spacial score (nSPS) is 10.8. The molecule has 0 fully saturated rings. The minimum Gasteiger partial charge on any atom is -0.507 e. The number of methoxy groups -OCH3 is 2. The maximum absolute atomic E-state index is 12.7. The quantitative estimate of drug-likeness (QED) is 0.248. The Bertz CT molecular complexity index is 893. The summed E-state index contributed by atoms with van der Waals surface area (Å²) in [6.07, 6.45) is 5.53. The topological polar surface area (TPSA) is 74.2 Å². The van der Waals surface area contributed by atoms with E-state index in [1.807, 2.05) is 32.1 Å².